The van der Waals surface area contributed by atoms with Gasteiger partial charge in [0.2, 0.25) is 0 Å². The van der Waals surface area contributed by atoms with Crippen molar-refractivity contribution in [3.63, 3.8) is 0 Å². The largest absolute Gasteiger partial charge is 0.506 e. The van der Waals surface area contributed by atoms with Crippen molar-refractivity contribution in [1.82, 2.24) is 0 Å². The molecule has 40 heavy (non-hydrogen) atoms. The van der Waals surface area contributed by atoms with Gasteiger partial charge in [-0.25, -0.2) is 4.79 Å². The van der Waals surface area contributed by atoms with Crippen molar-refractivity contribution in [1.29, 1.82) is 0 Å². The van der Waals surface area contributed by atoms with Gasteiger partial charge in [0, 0.05) is 24.4 Å². The van der Waals surface area contributed by atoms with Crippen molar-refractivity contribution in [2.75, 3.05) is 33.5 Å². The number of ether oxygens (including phenoxy) is 4. The summed E-state index contributed by atoms with van der Waals surface area (Å²) in [6, 6.07) is -0.356. The van der Waals surface area contributed by atoms with Crippen LogP contribution in [0.4, 0.5) is 4.79 Å². The lowest BCUT2D eigenvalue weighted by Crippen LogP contribution is -2.64. The number of hydrogen-bond donors (Lipinski definition) is 3. The van der Waals surface area contributed by atoms with Crippen LogP contribution < -0.4 is 5.73 Å². The van der Waals surface area contributed by atoms with Gasteiger partial charge in [0.05, 0.1) is 44.5 Å². The molecule has 0 aromatic rings. The summed E-state index contributed by atoms with van der Waals surface area (Å²) in [5.41, 5.74) is 6.61. The maximum atomic E-state index is 13.9. The molecule has 0 aromatic carbocycles. The van der Waals surface area contributed by atoms with E-state index in [0.29, 0.717) is 32.2 Å². The molecule has 5 aliphatic rings. The lowest BCUT2D eigenvalue weighted by atomic mass is 9.45. The van der Waals surface area contributed by atoms with E-state index in [-0.39, 0.29) is 48.0 Å². The minimum Gasteiger partial charge on any atom is -0.481 e. The summed E-state index contributed by atoms with van der Waals surface area (Å²) in [7, 11) is 1.57. The first kappa shape index (κ1) is 29.5. The molecule has 1 saturated heterocycles. The van der Waals surface area contributed by atoms with Crippen LogP contribution in [0.5, 0.6) is 0 Å². The minimum absolute atomic E-state index is 0.0000365. The molecule has 4 fully saturated rings. The monoisotopic (exact) mass is 563 g/mol. The van der Waals surface area contributed by atoms with Crippen molar-refractivity contribution in [3.05, 3.63) is 11.6 Å². The fourth-order valence-corrected chi connectivity index (χ4v) is 9.39. The maximum absolute atomic E-state index is 13.9. The Bertz CT molecular complexity index is 1010. The number of nitrogens with two attached hydrogens (primary N) is 1. The zero-order chi connectivity index (χ0) is 28.8. The Labute approximate surface area is 235 Å². The van der Waals surface area contributed by atoms with Crippen LogP contribution in [0.3, 0.4) is 0 Å². The van der Waals surface area contributed by atoms with Crippen LogP contribution in [0.1, 0.15) is 52.4 Å². The smallest absolute Gasteiger partial charge is 0.481 e. The second-order valence-electron chi connectivity index (χ2n) is 13.3. The zero-order valence-corrected chi connectivity index (χ0v) is 23.8. The van der Waals surface area contributed by atoms with Crippen molar-refractivity contribution < 1.29 is 43.5 Å². The van der Waals surface area contributed by atoms with E-state index in [0.717, 1.165) is 37.7 Å². The van der Waals surface area contributed by atoms with Gasteiger partial charge in [-0.15, -0.1) is 0 Å². The van der Waals surface area contributed by atoms with E-state index in [9.17, 15) is 24.6 Å². The SMILES string of the molecule is COCC(N)CO[C@@H]1C2COC[C@]3(C[C@H]1OC(=O)O)C1=CC(=O)C4C(CCC(CC(C)C)[C@H]4C(=O)O)C1CCC23. The second kappa shape index (κ2) is 11.7. The van der Waals surface area contributed by atoms with Gasteiger partial charge in [-0.05, 0) is 74.2 Å². The number of allylic oxidation sites excluding steroid dienone is 1. The molecule has 10 heteroatoms. The van der Waals surface area contributed by atoms with Crippen LogP contribution in [0, 0.1) is 52.8 Å². The lowest BCUT2D eigenvalue weighted by molar-refractivity contribution is -0.218. The number of carbonyl (C=O) groups excluding carboxylic acids is 1. The number of fused-ring (bicyclic) bond motifs is 3. The maximum Gasteiger partial charge on any atom is 0.506 e. The van der Waals surface area contributed by atoms with Crippen LogP contribution in [-0.4, -0.2) is 79.9 Å². The Hall–Kier alpha value is -2.01. The topological polar surface area (TPSA) is 155 Å². The van der Waals surface area contributed by atoms with Gasteiger partial charge < -0.3 is 34.9 Å². The summed E-state index contributed by atoms with van der Waals surface area (Å²) < 4.78 is 23.0. The Kier molecular flexibility index (Phi) is 8.62. The van der Waals surface area contributed by atoms with Crippen molar-refractivity contribution >= 4 is 17.9 Å². The average molecular weight is 564 g/mol. The highest BCUT2D eigenvalue weighted by Crippen LogP contribution is 2.64. The normalized spacial score (nSPS) is 41.3. The second-order valence-corrected chi connectivity index (χ2v) is 13.3. The number of aliphatic carboxylic acids is 1. The van der Waals surface area contributed by atoms with Gasteiger partial charge in [0.25, 0.3) is 0 Å². The molecule has 224 valence electrons. The fraction of sp³-hybridized carbons (Fsp3) is 0.833. The Morgan fingerprint density at radius 1 is 1.15 bits per heavy atom. The predicted octanol–water partition coefficient (Wildman–Crippen LogP) is 3.37. The first-order valence-electron chi connectivity index (χ1n) is 14.9. The molecule has 10 nitrogen and oxygen atoms in total. The van der Waals surface area contributed by atoms with E-state index in [1.807, 2.05) is 0 Å². The van der Waals surface area contributed by atoms with Crippen molar-refractivity contribution in [2.24, 2.45) is 58.5 Å². The highest BCUT2D eigenvalue weighted by atomic mass is 16.7. The predicted molar refractivity (Wildman–Crippen MR) is 143 cm³/mol. The third-order valence-electron chi connectivity index (χ3n) is 10.6. The van der Waals surface area contributed by atoms with E-state index in [2.05, 4.69) is 13.8 Å². The van der Waals surface area contributed by atoms with Gasteiger partial charge in [-0.3, -0.25) is 9.59 Å². The highest BCUT2D eigenvalue weighted by molar-refractivity contribution is 5.97. The summed E-state index contributed by atoms with van der Waals surface area (Å²) >= 11 is 0. The number of carboxylic acids is 1. The van der Waals surface area contributed by atoms with E-state index in [4.69, 9.17) is 24.7 Å². The standard InChI is InChI=1S/C30H45NO9/c1-15(2)8-16-4-5-19-18-6-7-21-20-13-38-14-30(21,22(18)9-23(32)26(19)25(16)28(33)34)10-24(40-29(35)36)27(20)39-12-17(31)11-37-3/h9,15-21,24-27H,4-8,10-14,31H2,1-3H3,(H,33,34)(H,35,36)/t16?,17?,18?,19?,20?,21?,24-,25-,26?,27-,30+/m1/s1. The van der Waals surface area contributed by atoms with Crippen LogP contribution in [-0.2, 0) is 28.5 Å². The summed E-state index contributed by atoms with van der Waals surface area (Å²) in [6.45, 7) is 5.55. The molecular formula is C30H45NO9. The lowest BCUT2D eigenvalue weighted by Gasteiger charge is -2.62. The Balaban J connectivity index is 1.47. The first-order valence-corrected chi connectivity index (χ1v) is 14.9. The molecular weight excluding hydrogens is 518 g/mol. The molecule has 4 N–H and O–H groups in total. The van der Waals surface area contributed by atoms with Crippen LogP contribution in [0.2, 0.25) is 0 Å². The minimum atomic E-state index is -1.36. The van der Waals surface area contributed by atoms with Gasteiger partial charge >= 0.3 is 12.1 Å². The molecule has 7 unspecified atom stereocenters. The molecule has 0 amide bonds. The molecule has 4 aliphatic carbocycles. The molecule has 2 bridgehead atoms. The number of rotatable bonds is 9. The van der Waals surface area contributed by atoms with E-state index < -0.39 is 41.6 Å². The Morgan fingerprint density at radius 2 is 1.93 bits per heavy atom. The molecule has 5 rings (SSSR count). The summed E-state index contributed by atoms with van der Waals surface area (Å²) in [5.74, 6) is -1.65. The third kappa shape index (κ3) is 5.21. The summed E-state index contributed by atoms with van der Waals surface area (Å²) in [4.78, 5) is 38.2. The van der Waals surface area contributed by atoms with Crippen molar-refractivity contribution in [3.8, 4) is 0 Å². The highest BCUT2D eigenvalue weighted by Gasteiger charge is 2.64. The van der Waals surface area contributed by atoms with Crippen LogP contribution in [0.25, 0.3) is 0 Å². The van der Waals surface area contributed by atoms with E-state index >= 15 is 0 Å². The molecule has 0 radical (unpaired) electrons. The van der Waals surface area contributed by atoms with Gasteiger partial charge in [0.1, 0.15) is 6.10 Å². The average Bonchev–Trinajstić information content (AvgIpc) is 2.87. The number of carbonyl (C=O) groups is 3. The molecule has 0 aromatic heterocycles. The quantitative estimate of drug-likeness (QED) is 0.356. The van der Waals surface area contributed by atoms with Gasteiger partial charge in [-0.1, -0.05) is 19.4 Å². The summed E-state index contributed by atoms with van der Waals surface area (Å²) in [6.07, 6.45) is 3.75. The molecule has 1 heterocycles. The molecule has 1 aliphatic heterocycles. The number of carboxylic acid groups (broad SMARTS) is 2. The van der Waals surface area contributed by atoms with Crippen molar-refractivity contribution in [2.45, 2.75) is 70.6 Å². The molecule has 3 saturated carbocycles. The first-order chi connectivity index (χ1) is 19.1. The summed E-state index contributed by atoms with van der Waals surface area (Å²) in [5, 5.41) is 19.9. The Morgan fingerprint density at radius 3 is 2.60 bits per heavy atom. The number of methoxy groups -OCH3 is 1. The van der Waals surface area contributed by atoms with Gasteiger partial charge in [-0.2, -0.15) is 0 Å². The van der Waals surface area contributed by atoms with Gasteiger partial charge in [0.15, 0.2) is 5.78 Å². The fourth-order valence-electron chi connectivity index (χ4n) is 9.39. The molecule has 11 atom stereocenters. The number of ketones is 1. The number of hydrogen-bond acceptors (Lipinski definition) is 8. The van der Waals surface area contributed by atoms with E-state index in [1.165, 1.54) is 0 Å². The third-order valence-corrected chi connectivity index (χ3v) is 10.6. The zero-order valence-electron chi connectivity index (χ0n) is 23.8. The molecule has 0 spiro atoms. The van der Waals surface area contributed by atoms with Crippen LogP contribution >= 0.6 is 0 Å². The van der Waals surface area contributed by atoms with Crippen LogP contribution in [0.15, 0.2) is 11.6 Å². The van der Waals surface area contributed by atoms with E-state index in [1.54, 1.807) is 13.2 Å².